The van der Waals surface area contributed by atoms with Crippen molar-refractivity contribution in [1.82, 2.24) is 0 Å². The van der Waals surface area contributed by atoms with Gasteiger partial charge < -0.3 is 39.9 Å². The Hall–Kier alpha value is -1.67. The number of hydrogen-bond donors (Lipinski definition) is 6. The van der Waals surface area contributed by atoms with E-state index < -0.39 is 76.7 Å². The molecule has 0 amide bonds. The number of allylic oxidation sites excluding steroid dienone is 4. The Balaban J connectivity index is 4.38. The van der Waals surface area contributed by atoms with Crippen molar-refractivity contribution in [3.8, 4) is 0 Å². The zero-order chi connectivity index (χ0) is 55.1. The number of phosphoric ester groups is 1. The average molecular weight is 1090 g/mol. The summed E-state index contributed by atoms with van der Waals surface area (Å²) in [6.07, 6.45) is 52.6. The van der Waals surface area contributed by atoms with Crippen LogP contribution in [0.1, 0.15) is 296 Å². The van der Waals surface area contributed by atoms with E-state index in [0.29, 0.717) is 12.8 Å². The summed E-state index contributed by atoms with van der Waals surface area (Å²) in [4.78, 5) is 35.8. The molecule has 0 rings (SSSR count). The van der Waals surface area contributed by atoms with Gasteiger partial charge in [-0.1, -0.05) is 244 Å². The van der Waals surface area contributed by atoms with Crippen LogP contribution < -0.4 is 0 Å². The highest BCUT2D eigenvalue weighted by molar-refractivity contribution is 7.47. The number of ether oxygens (including phenoxy) is 2. The van der Waals surface area contributed by atoms with Gasteiger partial charge in [0, 0.05) is 12.8 Å². The molecule has 0 bridgehead atoms. The number of aliphatic hydroxyl groups excluding tert-OH is 5. The zero-order valence-electron chi connectivity index (χ0n) is 48.1. The fourth-order valence-electron chi connectivity index (χ4n) is 9.17. The van der Waals surface area contributed by atoms with Gasteiger partial charge >= 0.3 is 19.8 Å². The number of aliphatic hydroxyl groups is 5. The van der Waals surface area contributed by atoms with E-state index in [9.17, 15) is 39.5 Å². The lowest BCUT2D eigenvalue weighted by molar-refractivity contribution is -0.161. The molecule has 13 nitrogen and oxygen atoms in total. The summed E-state index contributed by atoms with van der Waals surface area (Å²) in [7, 11) is -4.91. The molecule has 0 aliphatic rings. The minimum Gasteiger partial charge on any atom is -0.462 e. The largest absolute Gasteiger partial charge is 0.472 e. The van der Waals surface area contributed by atoms with Crippen LogP contribution in [0.5, 0.6) is 0 Å². The molecule has 0 radical (unpaired) electrons. The van der Waals surface area contributed by atoms with Crippen molar-refractivity contribution >= 4 is 19.8 Å². The second-order valence-corrected chi connectivity index (χ2v) is 22.9. The Bertz CT molecular complexity index is 1350. The molecule has 0 aliphatic carbocycles. The number of esters is 2. The third-order valence-corrected chi connectivity index (χ3v) is 15.1. The van der Waals surface area contributed by atoms with Gasteiger partial charge in [0.1, 0.15) is 31.0 Å². The molecule has 0 spiro atoms. The van der Waals surface area contributed by atoms with E-state index in [2.05, 4.69) is 38.2 Å². The first-order valence-corrected chi connectivity index (χ1v) is 32.6. The predicted octanol–water partition coefficient (Wildman–Crippen LogP) is 15.3. The normalized spacial score (nSPS) is 14.8. The van der Waals surface area contributed by atoms with Crippen molar-refractivity contribution in [2.24, 2.45) is 0 Å². The van der Waals surface area contributed by atoms with Crippen LogP contribution in [-0.2, 0) is 32.7 Å². The first-order valence-electron chi connectivity index (χ1n) is 31.1. The highest BCUT2D eigenvalue weighted by Gasteiger charge is 2.33. The Labute approximate surface area is 458 Å². The molecular weight excluding hydrogens is 972 g/mol. The van der Waals surface area contributed by atoms with Gasteiger partial charge in [-0.3, -0.25) is 18.6 Å². The van der Waals surface area contributed by atoms with E-state index in [4.69, 9.17) is 23.6 Å². The Kier molecular flexibility index (Phi) is 54.4. The first kappa shape index (κ1) is 73.3. The van der Waals surface area contributed by atoms with Crippen molar-refractivity contribution in [2.45, 2.75) is 327 Å². The Morgan fingerprint density at radius 2 is 0.693 bits per heavy atom. The third kappa shape index (κ3) is 51.5. The monoisotopic (exact) mass is 1090 g/mol. The maximum absolute atomic E-state index is 12.8. The summed E-state index contributed by atoms with van der Waals surface area (Å²) in [5, 5.41) is 48.5. The van der Waals surface area contributed by atoms with Crippen LogP contribution in [0.25, 0.3) is 0 Å². The van der Waals surface area contributed by atoms with E-state index in [1.54, 1.807) is 0 Å². The van der Waals surface area contributed by atoms with Crippen LogP contribution in [0.2, 0.25) is 0 Å². The summed E-state index contributed by atoms with van der Waals surface area (Å²) in [6, 6.07) is 0. The molecule has 6 N–H and O–H groups in total. The first-order chi connectivity index (χ1) is 36.5. The van der Waals surface area contributed by atoms with Crippen LogP contribution >= 0.6 is 7.82 Å². The number of hydrogen-bond acceptors (Lipinski definition) is 12. The second-order valence-electron chi connectivity index (χ2n) is 21.5. The second kappa shape index (κ2) is 55.6. The lowest BCUT2D eigenvalue weighted by atomic mass is 10.0. The van der Waals surface area contributed by atoms with Gasteiger partial charge in [-0.25, -0.2) is 4.57 Å². The van der Waals surface area contributed by atoms with Gasteiger partial charge in [-0.15, -0.1) is 0 Å². The van der Waals surface area contributed by atoms with Gasteiger partial charge in [-0.2, -0.15) is 0 Å². The molecule has 75 heavy (non-hydrogen) atoms. The molecule has 1 unspecified atom stereocenters. The van der Waals surface area contributed by atoms with E-state index in [1.807, 2.05) is 0 Å². The molecule has 6 atom stereocenters. The van der Waals surface area contributed by atoms with Crippen molar-refractivity contribution in [3.63, 3.8) is 0 Å². The van der Waals surface area contributed by atoms with Gasteiger partial charge in [0.05, 0.1) is 19.8 Å². The molecular formula is C61H117O13P. The van der Waals surface area contributed by atoms with Gasteiger partial charge in [-0.05, 0) is 64.2 Å². The minimum absolute atomic E-state index is 0.121. The number of unbranched alkanes of at least 4 members (excludes halogenated alkanes) is 38. The summed E-state index contributed by atoms with van der Waals surface area (Å²) >= 11 is 0. The molecule has 0 aromatic carbocycles. The molecule has 0 aromatic heterocycles. The summed E-state index contributed by atoms with van der Waals surface area (Å²) < 4.78 is 33.4. The van der Waals surface area contributed by atoms with E-state index in [0.717, 1.165) is 38.5 Å². The smallest absolute Gasteiger partial charge is 0.462 e. The van der Waals surface area contributed by atoms with E-state index >= 15 is 0 Å². The van der Waals surface area contributed by atoms with E-state index in [1.165, 1.54) is 218 Å². The van der Waals surface area contributed by atoms with Gasteiger partial charge in [0.15, 0.2) is 6.10 Å². The predicted molar refractivity (Wildman–Crippen MR) is 306 cm³/mol. The standard InChI is InChI=1S/C61H117O13P/c1-3-5-7-9-11-13-15-17-19-21-23-25-27-29-31-33-35-37-39-41-43-45-47-49-58(65)71-52-55(53-72-75(69,70)73-54-57(64)61(68)60(67)56(63)51-62)74-59(66)50-48-46-44-42-40-38-36-34-32-30-28-26-24-22-20-18-16-14-12-10-8-6-4-2/h19-22,55-57,60-64,67-68H,3-18,23-54H2,1-2H3,(H,69,70)/t55-,56-,57-,60-,61-/m1/s1. The van der Waals surface area contributed by atoms with Crippen LogP contribution in [0.4, 0.5) is 0 Å². The maximum Gasteiger partial charge on any atom is 0.472 e. The maximum atomic E-state index is 12.8. The van der Waals surface area contributed by atoms with Crippen LogP contribution in [0.3, 0.4) is 0 Å². The number of carbonyl (C=O) groups is 2. The average Bonchev–Trinajstić information content (AvgIpc) is 3.40. The Morgan fingerprint density at radius 3 is 1.04 bits per heavy atom. The number of phosphoric acid groups is 1. The zero-order valence-corrected chi connectivity index (χ0v) is 49.0. The van der Waals surface area contributed by atoms with Crippen LogP contribution in [0, 0.1) is 0 Å². The number of carbonyl (C=O) groups excluding carboxylic acids is 2. The van der Waals surface area contributed by atoms with E-state index in [-0.39, 0.29) is 12.8 Å². The number of rotatable bonds is 59. The van der Waals surface area contributed by atoms with Crippen molar-refractivity contribution in [2.75, 3.05) is 26.4 Å². The Morgan fingerprint density at radius 1 is 0.400 bits per heavy atom. The summed E-state index contributed by atoms with van der Waals surface area (Å²) in [5.74, 6) is -1.04. The molecule has 444 valence electrons. The fourth-order valence-corrected chi connectivity index (χ4v) is 9.94. The highest BCUT2D eigenvalue weighted by atomic mass is 31.2. The van der Waals surface area contributed by atoms with Crippen LogP contribution in [-0.4, -0.2) is 99.3 Å². The molecule has 0 saturated heterocycles. The van der Waals surface area contributed by atoms with Crippen molar-refractivity contribution in [1.29, 1.82) is 0 Å². The van der Waals surface area contributed by atoms with Gasteiger partial charge in [0.25, 0.3) is 0 Å². The summed E-state index contributed by atoms with van der Waals surface area (Å²) in [6.45, 7) is 1.60. The fraction of sp³-hybridized carbons (Fsp3) is 0.902. The molecule has 0 aliphatic heterocycles. The highest BCUT2D eigenvalue weighted by Crippen LogP contribution is 2.43. The van der Waals surface area contributed by atoms with Crippen molar-refractivity contribution in [3.05, 3.63) is 24.3 Å². The lowest BCUT2D eigenvalue weighted by Crippen LogP contribution is -2.47. The molecule has 14 heteroatoms. The third-order valence-electron chi connectivity index (χ3n) is 14.2. The van der Waals surface area contributed by atoms with Crippen LogP contribution in [0.15, 0.2) is 24.3 Å². The topological polar surface area (TPSA) is 210 Å². The molecule has 0 heterocycles. The molecule has 0 saturated carbocycles. The van der Waals surface area contributed by atoms with Crippen molar-refractivity contribution < 1.29 is 63.1 Å². The quantitative estimate of drug-likeness (QED) is 0.0145. The molecule has 0 aromatic rings. The lowest BCUT2D eigenvalue weighted by Gasteiger charge is -2.26. The van der Waals surface area contributed by atoms with Gasteiger partial charge in [0.2, 0.25) is 0 Å². The SMILES string of the molecule is CCCCCCCCCC=CCCCCCCCCCCCCCCC(=O)OC[C@H](COP(=O)(O)OC[C@@H](O)[C@@H](O)[C@H](O)[C@H](O)CO)OC(=O)CCCCCCCCCCCCCCC=CCCCCCCCCC. The minimum atomic E-state index is -4.91. The molecule has 0 fully saturated rings. The summed E-state index contributed by atoms with van der Waals surface area (Å²) in [5.41, 5.74) is 0.